The highest BCUT2D eigenvalue weighted by atomic mass is 35.5. The van der Waals surface area contributed by atoms with Crippen molar-refractivity contribution in [3.8, 4) is 5.75 Å². The first-order chi connectivity index (χ1) is 13.1. The van der Waals surface area contributed by atoms with E-state index in [0.717, 1.165) is 44.2 Å². The molecule has 1 aliphatic heterocycles. The van der Waals surface area contributed by atoms with E-state index in [1.54, 1.807) is 4.90 Å². The molecule has 0 unspecified atom stereocenters. The molecule has 0 radical (unpaired) electrons. The van der Waals surface area contributed by atoms with Crippen molar-refractivity contribution < 1.29 is 9.53 Å². The second-order valence-corrected chi connectivity index (χ2v) is 7.09. The van der Waals surface area contributed by atoms with Crippen LogP contribution in [0.4, 0.5) is 5.69 Å². The van der Waals surface area contributed by atoms with Crippen LogP contribution in [-0.2, 0) is 4.79 Å². The number of hydrogen-bond donors (Lipinski definition) is 0. The van der Waals surface area contributed by atoms with E-state index >= 15 is 0 Å². The summed E-state index contributed by atoms with van der Waals surface area (Å²) < 4.78 is 5.76. The quantitative estimate of drug-likeness (QED) is 0.731. The summed E-state index contributed by atoms with van der Waals surface area (Å²) in [5.41, 5.74) is 0.929. The van der Waals surface area contributed by atoms with Gasteiger partial charge in [-0.3, -0.25) is 14.6 Å². The molecule has 0 bridgehead atoms. The van der Waals surface area contributed by atoms with Gasteiger partial charge >= 0.3 is 0 Å². The number of para-hydroxylation sites is 2. The standard InChI is InChI=1S/C21H26ClN3O2/c1-23(18-7-3-2-4-8-18)21(26)17-25-13-11-24(12-14-25)15-16-27-20-10-6-5-9-19(20)22/h2-10H,11-17H2,1H3. The average Bonchev–Trinajstić information content (AvgIpc) is 2.71. The Hall–Kier alpha value is -2.08. The minimum atomic E-state index is 0.122. The SMILES string of the molecule is CN(C(=O)CN1CCN(CCOc2ccccc2Cl)CC1)c1ccccc1. The van der Waals surface area contributed by atoms with Crippen molar-refractivity contribution in [2.24, 2.45) is 0 Å². The van der Waals surface area contributed by atoms with Crippen molar-refractivity contribution >= 4 is 23.2 Å². The van der Waals surface area contributed by atoms with Crippen LogP contribution in [0.5, 0.6) is 5.75 Å². The Morgan fingerprint density at radius 2 is 1.63 bits per heavy atom. The zero-order chi connectivity index (χ0) is 19.1. The molecule has 0 aliphatic carbocycles. The number of ether oxygens (including phenoxy) is 1. The third-order valence-corrected chi connectivity index (χ3v) is 5.16. The van der Waals surface area contributed by atoms with E-state index in [9.17, 15) is 4.79 Å². The predicted octanol–water partition coefficient (Wildman–Crippen LogP) is 3.00. The number of anilines is 1. The van der Waals surface area contributed by atoms with Gasteiger partial charge in [0.2, 0.25) is 5.91 Å². The number of rotatable bonds is 7. The van der Waals surface area contributed by atoms with Crippen LogP contribution in [0.25, 0.3) is 0 Å². The maximum Gasteiger partial charge on any atom is 0.240 e. The number of nitrogens with zero attached hydrogens (tertiary/aromatic N) is 3. The van der Waals surface area contributed by atoms with Crippen molar-refractivity contribution in [2.45, 2.75) is 0 Å². The molecule has 1 amide bonds. The summed E-state index contributed by atoms with van der Waals surface area (Å²) in [4.78, 5) is 18.8. The Kier molecular flexibility index (Phi) is 7.10. The van der Waals surface area contributed by atoms with Gasteiger partial charge in [0.25, 0.3) is 0 Å². The van der Waals surface area contributed by atoms with Gasteiger partial charge < -0.3 is 9.64 Å². The van der Waals surface area contributed by atoms with Gasteiger partial charge in [-0.25, -0.2) is 0 Å². The Bertz CT molecular complexity index is 733. The minimum absolute atomic E-state index is 0.122. The third-order valence-electron chi connectivity index (χ3n) is 4.84. The van der Waals surface area contributed by atoms with E-state index in [-0.39, 0.29) is 5.91 Å². The fourth-order valence-electron chi connectivity index (χ4n) is 3.11. The van der Waals surface area contributed by atoms with Crippen molar-refractivity contribution in [1.82, 2.24) is 9.80 Å². The third kappa shape index (κ3) is 5.70. The highest BCUT2D eigenvalue weighted by molar-refractivity contribution is 6.32. The number of benzene rings is 2. The molecule has 5 nitrogen and oxygen atoms in total. The van der Waals surface area contributed by atoms with Gasteiger partial charge in [-0.2, -0.15) is 0 Å². The molecule has 0 atom stereocenters. The fraction of sp³-hybridized carbons (Fsp3) is 0.381. The number of amides is 1. The second-order valence-electron chi connectivity index (χ2n) is 6.68. The van der Waals surface area contributed by atoms with Crippen LogP contribution in [0.3, 0.4) is 0 Å². The van der Waals surface area contributed by atoms with Gasteiger partial charge in [0, 0.05) is 45.5 Å². The molecule has 1 aliphatic rings. The van der Waals surface area contributed by atoms with Gasteiger partial charge in [-0.15, -0.1) is 0 Å². The number of carbonyl (C=O) groups excluding carboxylic acids is 1. The van der Waals surface area contributed by atoms with Crippen molar-refractivity contribution in [1.29, 1.82) is 0 Å². The number of carbonyl (C=O) groups is 1. The number of piperazine rings is 1. The molecule has 0 spiro atoms. The Labute approximate surface area is 166 Å². The summed E-state index contributed by atoms with van der Waals surface area (Å²) in [6.45, 7) is 5.58. The fourth-order valence-corrected chi connectivity index (χ4v) is 3.30. The Morgan fingerprint density at radius 3 is 2.33 bits per heavy atom. The molecule has 1 fully saturated rings. The molecule has 27 heavy (non-hydrogen) atoms. The highest BCUT2D eigenvalue weighted by Gasteiger charge is 2.21. The van der Waals surface area contributed by atoms with E-state index in [1.807, 2.05) is 61.6 Å². The van der Waals surface area contributed by atoms with Crippen LogP contribution in [0.2, 0.25) is 5.02 Å². The van der Waals surface area contributed by atoms with Crippen LogP contribution in [0.15, 0.2) is 54.6 Å². The molecule has 6 heteroatoms. The lowest BCUT2D eigenvalue weighted by atomic mass is 10.2. The van der Waals surface area contributed by atoms with Gasteiger partial charge in [0.15, 0.2) is 0 Å². The minimum Gasteiger partial charge on any atom is -0.491 e. The average molecular weight is 388 g/mol. The summed E-state index contributed by atoms with van der Waals surface area (Å²) in [5.74, 6) is 0.851. The van der Waals surface area contributed by atoms with Crippen molar-refractivity contribution in [3.05, 3.63) is 59.6 Å². The van der Waals surface area contributed by atoms with Gasteiger partial charge in [-0.1, -0.05) is 41.9 Å². The normalized spacial score (nSPS) is 15.5. The zero-order valence-electron chi connectivity index (χ0n) is 15.7. The topological polar surface area (TPSA) is 36.0 Å². The molecule has 1 heterocycles. The predicted molar refractivity (Wildman–Crippen MR) is 110 cm³/mol. The van der Waals surface area contributed by atoms with Crippen LogP contribution in [-0.4, -0.2) is 68.6 Å². The summed E-state index contributed by atoms with van der Waals surface area (Å²) >= 11 is 6.10. The van der Waals surface area contributed by atoms with Gasteiger partial charge in [0.1, 0.15) is 12.4 Å². The van der Waals surface area contributed by atoms with E-state index in [0.29, 0.717) is 18.2 Å². The maximum atomic E-state index is 12.5. The highest BCUT2D eigenvalue weighted by Crippen LogP contribution is 2.22. The maximum absolute atomic E-state index is 12.5. The lowest BCUT2D eigenvalue weighted by Gasteiger charge is -2.34. The second kappa shape index (κ2) is 9.74. The van der Waals surface area contributed by atoms with E-state index in [4.69, 9.17) is 16.3 Å². The monoisotopic (exact) mass is 387 g/mol. The molecule has 1 saturated heterocycles. The number of halogens is 1. The van der Waals surface area contributed by atoms with E-state index in [1.165, 1.54) is 0 Å². The molecule has 0 aromatic heterocycles. The van der Waals surface area contributed by atoms with E-state index < -0.39 is 0 Å². The number of hydrogen-bond acceptors (Lipinski definition) is 4. The molecule has 2 aromatic rings. The molecule has 0 saturated carbocycles. The molecule has 0 N–H and O–H groups in total. The smallest absolute Gasteiger partial charge is 0.240 e. The number of likely N-dealkylation sites (N-methyl/N-ethyl adjacent to an activating group) is 1. The molecule has 144 valence electrons. The Balaban J connectivity index is 1.37. The first-order valence-corrected chi connectivity index (χ1v) is 9.65. The summed E-state index contributed by atoms with van der Waals surface area (Å²) in [6, 6.07) is 17.3. The molecular weight excluding hydrogens is 362 g/mol. The Morgan fingerprint density at radius 1 is 1.00 bits per heavy atom. The van der Waals surface area contributed by atoms with E-state index in [2.05, 4.69) is 9.80 Å². The van der Waals surface area contributed by atoms with Crippen molar-refractivity contribution in [3.63, 3.8) is 0 Å². The first kappa shape index (κ1) is 19.7. The summed E-state index contributed by atoms with van der Waals surface area (Å²) in [7, 11) is 1.83. The molecule has 3 rings (SSSR count). The van der Waals surface area contributed by atoms with Gasteiger partial charge in [-0.05, 0) is 24.3 Å². The van der Waals surface area contributed by atoms with Crippen LogP contribution in [0.1, 0.15) is 0 Å². The lowest BCUT2D eigenvalue weighted by molar-refractivity contribution is -0.119. The van der Waals surface area contributed by atoms with Crippen LogP contribution < -0.4 is 9.64 Å². The van der Waals surface area contributed by atoms with Gasteiger partial charge in [0.05, 0.1) is 11.6 Å². The lowest BCUT2D eigenvalue weighted by Crippen LogP contribution is -2.50. The summed E-state index contributed by atoms with van der Waals surface area (Å²) in [6.07, 6.45) is 0. The summed E-state index contributed by atoms with van der Waals surface area (Å²) in [5, 5.41) is 0.642. The first-order valence-electron chi connectivity index (χ1n) is 9.27. The van der Waals surface area contributed by atoms with Crippen molar-refractivity contribution in [2.75, 3.05) is 57.8 Å². The van der Waals surface area contributed by atoms with Crippen LogP contribution in [0, 0.1) is 0 Å². The molecule has 2 aromatic carbocycles. The zero-order valence-corrected chi connectivity index (χ0v) is 16.4. The van der Waals surface area contributed by atoms with Crippen LogP contribution >= 0.6 is 11.6 Å². The largest absolute Gasteiger partial charge is 0.491 e. The molecular formula is C21H26ClN3O2.